The van der Waals surface area contributed by atoms with Gasteiger partial charge in [0, 0.05) is 18.0 Å². The number of hydrogen-bond donors (Lipinski definition) is 1. The number of amides is 1. The molecule has 0 fully saturated rings. The van der Waals surface area contributed by atoms with Crippen molar-refractivity contribution in [3.8, 4) is 0 Å². The molecule has 138 valence electrons. The molecule has 1 N–H and O–H groups in total. The van der Waals surface area contributed by atoms with E-state index in [-0.39, 0.29) is 6.61 Å². The largest absolute Gasteiger partial charge is 0.370 e. The van der Waals surface area contributed by atoms with Crippen LogP contribution in [0.1, 0.15) is 21.5 Å². The highest BCUT2D eigenvalue weighted by atomic mass is 19.3. The van der Waals surface area contributed by atoms with Gasteiger partial charge in [0.1, 0.15) is 6.61 Å². The van der Waals surface area contributed by atoms with E-state index in [1.165, 1.54) is 30.5 Å². The van der Waals surface area contributed by atoms with Gasteiger partial charge in [-0.3, -0.25) is 9.78 Å². The fourth-order valence-corrected chi connectivity index (χ4v) is 1.80. The molecule has 2 aromatic rings. The van der Waals surface area contributed by atoms with E-state index >= 15 is 0 Å². The van der Waals surface area contributed by atoms with Crippen LogP contribution in [0.15, 0.2) is 53.9 Å². The summed E-state index contributed by atoms with van der Waals surface area (Å²) in [6, 6.07) is 9.26. The predicted octanol–water partition coefficient (Wildman–Crippen LogP) is 3.26. The van der Waals surface area contributed by atoms with Gasteiger partial charge >= 0.3 is 12.3 Å². The van der Waals surface area contributed by atoms with Crippen LogP contribution in [0.3, 0.4) is 0 Å². The van der Waals surface area contributed by atoms with Crippen molar-refractivity contribution in [1.82, 2.24) is 10.4 Å². The number of hydrazone groups is 1. The van der Waals surface area contributed by atoms with Gasteiger partial charge in [0.25, 0.3) is 5.91 Å². The summed E-state index contributed by atoms with van der Waals surface area (Å²) >= 11 is 0. The zero-order valence-corrected chi connectivity index (χ0v) is 13.4. The van der Waals surface area contributed by atoms with Crippen molar-refractivity contribution in [2.24, 2.45) is 5.10 Å². The Morgan fingerprint density at radius 2 is 1.85 bits per heavy atom. The average Bonchev–Trinajstić information content (AvgIpc) is 2.63. The van der Waals surface area contributed by atoms with Crippen LogP contribution in [0, 0.1) is 0 Å². The Hall–Kier alpha value is -2.81. The van der Waals surface area contributed by atoms with Crippen molar-refractivity contribution in [3.05, 3.63) is 65.5 Å². The minimum atomic E-state index is -4.19. The molecule has 0 aliphatic heterocycles. The number of nitrogens with one attached hydrogen (secondary N) is 1. The molecule has 9 heteroatoms. The number of pyridine rings is 1. The fraction of sp³-hybridized carbons (Fsp3) is 0.235. The molecule has 2 rings (SSSR count). The second-order valence-electron chi connectivity index (χ2n) is 5.23. The van der Waals surface area contributed by atoms with Gasteiger partial charge in [-0.1, -0.05) is 12.1 Å². The van der Waals surface area contributed by atoms with Gasteiger partial charge in [-0.25, -0.2) is 14.2 Å². The fourth-order valence-electron chi connectivity index (χ4n) is 1.80. The molecule has 1 aromatic carbocycles. The Balaban J connectivity index is 1.82. The molecule has 0 unspecified atom stereocenters. The van der Waals surface area contributed by atoms with E-state index in [9.17, 15) is 22.4 Å². The van der Waals surface area contributed by atoms with Crippen molar-refractivity contribution in [2.45, 2.75) is 19.0 Å². The summed E-state index contributed by atoms with van der Waals surface area (Å²) in [5.74, 6) is -4.65. The van der Waals surface area contributed by atoms with E-state index in [0.717, 1.165) is 5.56 Å². The minimum absolute atomic E-state index is 0.273. The quantitative estimate of drug-likeness (QED) is 0.441. The Labute approximate surface area is 146 Å². The number of alkyl halides is 4. The van der Waals surface area contributed by atoms with Gasteiger partial charge < -0.3 is 4.74 Å². The number of aromatic nitrogens is 1. The molecule has 5 nitrogen and oxygen atoms in total. The van der Waals surface area contributed by atoms with Crippen molar-refractivity contribution in [2.75, 3.05) is 6.61 Å². The third-order valence-corrected chi connectivity index (χ3v) is 3.18. The average molecular weight is 369 g/mol. The summed E-state index contributed by atoms with van der Waals surface area (Å²) in [6.07, 6.45) is 0.842. The van der Waals surface area contributed by atoms with Crippen molar-refractivity contribution >= 4 is 12.1 Å². The third kappa shape index (κ3) is 5.92. The highest BCUT2D eigenvalue weighted by Crippen LogP contribution is 2.23. The number of carbonyl (C=O) groups excluding carboxylic acids is 1. The molecule has 1 heterocycles. The predicted molar refractivity (Wildman–Crippen MR) is 86.3 cm³/mol. The van der Waals surface area contributed by atoms with E-state index in [4.69, 9.17) is 0 Å². The van der Waals surface area contributed by atoms with Gasteiger partial charge in [0.15, 0.2) is 0 Å². The van der Waals surface area contributed by atoms with Gasteiger partial charge in [-0.2, -0.15) is 13.9 Å². The SMILES string of the molecule is O=C(N/N=C\c1ccncc1)c1ccc(COCC(F)(F)C(F)F)cc1. The van der Waals surface area contributed by atoms with Gasteiger partial charge in [0.2, 0.25) is 0 Å². The zero-order chi connectivity index (χ0) is 19.0. The van der Waals surface area contributed by atoms with Crippen LogP contribution >= 0.6 is 0 Å². The molecule has 0 saturated heterocycles. The molecule has 0 spiro atoms. The number of ether oxygens (including phenoxy) is 1. The summed E-state index contributed by atoms with van der Waals surface area (Å²) in [5, 5.41) is 3.80. The molecule has 1 aromatic heterocycles. The second-order valence-corrected chi connectivity index (χ2v) is 5.23. The summed E-state index contributed by atoms with van der Waals surface area (Å²) in [4.78, 5) is 15.8. The maximum absolute atomic E-state index is 12.7. The van der Waals surface area contributed by atoms with Crippen LogP contribution in [0.5, 0.6) is 0 Å². The molecular formula is C17H15F4N3O2. The van der Waals surface area contributed by atoms with Crippen LogP contribution in [-0.2, 0) is 11.3 Å². The Kier molecular flexibility index (Phi) is 6.79. The number of carbonyl (C=O) groups is 1. The lowest BCUT2D eigenvalue weighted by Gasteiger charge is -2.15. The van der Waals surface area contributed by atoms with Crippen molar-refractivity contribution < 1.29 is 27.1 Å². The van der Waals surface area contributed by atoms with Gasteiger partial charge in [0.05, 0.1) is 12.8 Å². The molecule has 0 saturated carbocycles. The molecule has 0 radical (unpaired) electrons. The highest BCUT2D eigenvalue weighted by molar-refractivity contribution is 5.94. The topological polar surface area (TPSA) is 63.6 Å². The number of nitrogens with zero attached hydrogens (tertiary/aromatic N) is 2. The molecule has 0 aliphatic rings. The van der Waals surface area contributed by atoms with Crippen molar-refractivity contribution in [3.63, 3.8) is 0 Å². The van der Waals surface area contributed by atoms with E-state index in [1.807, 2.05) is 0 Å². The van der Waals surface area contributed by atoms with E-state index in [2.05, 4.69) is 20.2 Å². The second kappa shape index (κ2) is 9.04. The van der Waals surface area contributed by atoms with E-state index in [0.29, 0.717) is 11.1 Å². The van der Waals surface area contributed by atoms with E-state index in [1.54, 1.807) is 24.5 Å². The standard InChI is InChI=1S/C17H15F4N3O2/c18-16(19)17(20,21)11-26-10-13-1-3-14(4-2-13)15(25)24-23-9-12-5-7-22-8-6-12/h1-9,16H,10-11H2,(H,24,25)/b23-9-. The third-order valence-electron chi connectivity index (χ3n) is 3.18. The van der Waals surface area contributed by atoms with Crippen LogP contribution < -0.4 is 5.43 Å². The van der Waals surface area contributed by atoms with Crippen LogP contribution in [0.4, 0.5) is 17.6 Å². The van der Waals surface area contributed by atoms with Gasteiger partial charge in [-0.05, 0) is 35.4 Å². The number of rotatable bonds is 8. The summed E-state index contributed by atoms with van der Waals surface area (Å²) in [5.41, 5.74) is 3.85. The van der Waals surface area contributed by atoms with Crippen molar-refractivity contribution in [1.29, 1.82) is 0 Å². The summed E-state index contributed by atoms with van der Waals surface area (Å²) < 4.78 is 54.0. The monoisotopic (exact) mass is 369 g/mol. The first-order chi connectivity index (χ1) is 12.4. The summed E-state index contributed by atoms with van der Waals surface area (Å²) in [6.45, 7) is -1.65. The molecule has 26 heavy (non-hydrogen) atoms. The molecular weight excluding hydrogens is 354 g/mol. The Bertz CT molecular complexity index is 737. The van der Waals surface area contributed by atoms with Crippen LogP contribution in [0.25, 0.3) is 0 Å². The molecule has 0 aliphatic carbocycles. The first kappa shape index (κ1) is 19.5. The first-order valence-corrected chi connectivity index (χ1v) is 7.44. The molecule has 0 bridgehead atoms. The van der Waals surface area contributed by atoms with Gasteiger partial charge in [-0.15, -0.1) is 0 Å². The molecule has 0 atom stereocenters. The normalized spacial score (nSPS) is 11.9. The Morgan fingerprint density at radius 3 is 2.46 bits per heavy atom. The highest BCUT2D eigenvalue weighted by Gasteiger charge is 2.40. The first-order valence-electron chi connectivity index (χ1n) is 7.44. The lowest BCUT2D eigenvalue weighted by atomic mass is 10.1. The van der Waals surface area contributed by atoms with E-state index < -0.39 is 24.9 Å². The Morgan fingerprint density at radius 1 is 1.19 bits per heavy atom. The maximum atomic E-state index is 12.7. The summed E-state index contributed by atoms with van der Waals surface area (Å²) in [7, 11) is 0. The zero-order valence-electron chi connectivity index (χ0n) is 13.4. The lowest BCUT2D eigenvalue weighted by Crippen LogP contribution is -2.32. The number of hydrogen-bond acceptors (Lipinski definition) is 4. The van der Waals surface area contributed by atoms with Crippen LogP contribution in [-0.4, -0.2) is 36.1 Å². The smallest absolute Gasteiger partial charge is 0.330 e. The van der Waals surface area contributed by atoms with Crippen LogP contribution in [0.2, 0.25) is 0 Å². The lowest BCUT2D eigenvalue weighted by molar-refractivity contribution is -0.168. The number of benzene rings is 1. The number of halogens is 4. The molecule has 1 amide bonds. The maximum Gasteiger partial charge on any atom is 0.330 e. The minimum Gasteiger partial charge on any atom is -0.370 e.